The molecule has 0 spiro atoms. The van der Waals surface area contributed by atoms with Crippen molar-refractivity contribution in [3.05, 3.63) is 45.2 Å². The minimum absolute atomic E-state index is 0.101. The molecule has 30 heavy (non-hydrogen) atoms. The molecule has 0 aliphatic heterocycles. The van der Waals surface area contributed by atoms with Gasteiger partial charge in [0.05, 0.1) is 12.1 Å². The molecule has 0 fully saturated rings. The molecule has 0 bridgehead atoms. The summed E-state index contributed by atoms with van der Waals surface area (Å²) >= 11 is 1.20. The van der Waals surface area contributed by atoms with E-state index in [9.17, 15) is 13.4 Å². The fourth-order valence-electron chi connectivity index (χ4n) is 3.58. The van der Waals surface area contributed by atoms with Crippen LogP contribution in [0.25, 0.3) is 0 Å². The van der Waals surface area contributed by atoms with E-state index in [1.807, 2.05) is 55.4 Å². The first-order chi connectivity index (χ1) is 13.6. The molecular formula is C22H32FN3O2S2. The van der Waals surface area contributed by atoms with Crippen LogP contribution in [0.15, 0.2) is 20.8 Å². The summed E-state index contributed by atoms with van der Waals surface area (Å²) < 4.78 is 31.6. The van der Waals surface area contributed by atoms with Crippen LogP contribution in [0.3, 0.4) is 0 Å². The Hall–Kier alpha value is -1.64. The summed E-state index contributed by atoms with van der Waals surface area (Å²) in [5, 5.41) is 5.96. The average Bonchev–Trinajstić information content (AvgIpc) is 2.96. The Morgan fingerprint density at radius 3 is 2.30 bits per heavy atom. The number of amides is 1. The highest BCUT2D eigenvalue weighted by Crippen LogP contribution is 2.32. The van der Waals surface area contributed by atoms with Gasteiger partial charge in [0.15, 0.2) is 9.92 Å². The lowest BCUT2D eigenvalue weighted by Crippen LogP contribution is -2.18. The zero-order chi connectivity index (χ0) is 23.0. The Kier molecular flexibility index (Phi) is 7.26. The number of thiazole rings is 1. The van der Waals surface area contributed by atoms with E-state index in [1.54, 1.807) is 6.07 Å². The number of hydrogen-bond acceptors (Lipinski definition) is 4. The van der Waals surface area contributed by atoms with Gasteiger partial charge in [0, 0.05) is 10.3 Å². The lowest BCUT2D eigenvalue weighted by Gasteiger charge is -2.19. The zero-order valence-electron chi connectivity index (χ0n) is 19.0. The second-order valence-electron chi connectivity index (χ2n) is 9.20. The Morgan fingerprint density at radius 1 is 1.23 bits per heavy atom. The first-order valence-electron chi connectivity index (χ1n) is 10.0. The summed E-state index contributed by atoms with van der Waals surface area (Å²) in [5.41, 5.74) is 2.53. The lowest BCUT2D eigenvalue weighted by atomic mass is 9.86. The van der Waals surface area contributed by atoms with Crippen LogP contribution < -0.4 is 5.14 Å². The summed E-state index contributed by atoms with van der Waals surface area (Å²) in [6, 6.07) is 3.14. The molecule has 1 amide bonds. The molecule has 1 heterocycles. The quantitative estimate of drug-likeness (QED) is 0.639. The number of hydrogen-bond donors (Lipinski definition) is 1. The van der Waals surface area contributed by atoms with E-state index < -0.39 is 15.8 Å². The molecule has 1 atom stereocenters. The molecule has 0 saturated carbocycles. The van der Waals surface area contributed by atoms with E-state index in [2.05, 4.69) is 9.35 Å². The van der Waals surface area contributed by atoms with Crippen molar-refractivity contribution in [2.75, 3.05) is 0 Å². The molecule has 166 valence electrons. The second kappa shape index (κ2) is 8.85. The van der Waals surface area contributed by atoms with Crippen LogP contribution in [0.2, 0.25) is 0 Å². The normalized spacial score (nSPS) is 14.3. The van der Waals surface area contributed by atoms with E-state index in [0.717, 1.165) is 16.1 Å². The summed E-state index contributed by atoms with van der Waals surface area (Å²) in [7, 11) is -3.48. The molecular weight excluding hydrogens is 421 g/mol. The van der Waals surface area contributed by atoms with Crippen LogP contribution in [0.4, 0.5) is 4.39 Å². The van der Waals surface area contributed by atoms with Gasteiger partial charge < -0.3 is 0 Å². The highest BCUT2D eigenvalue weighted by molar-refractivity contribution is 7.93. The number of nitrogens with two attached hydrogens (primary N) is 1. The summed E-state index contributed by atoms with van der Waals surface area (Å²) in [5.74, 6) is -0.994. The van der Waals surface area contributed by atoms with Crippen molar-refractivity contribution in [3.8, 4) is 0 Å². The van der Waals surface area contributed by atoms with Crippen molar-refractivity contribution in [2.45, 2.75) is 83.4 Å². The predicted molar refractivity (Wildman–Crippen MR) is 122 cm³/mol. The number of aromatic nitrogens is 1. The van der Waals surface area contributed by atoms with Gasteiger partial charge >= 0.3 is 0 Å². The summed E-state index contributed by atoms with van der Waals surface area (Å²) in [4.78, 5) is 18.1. The fourth-order valence-corrected chi connectivity index (χ4v) is 6.06. The van der Waals surface area contributed by atoms with Gasteiger partial charge in [-0.15, -0.1) is 15.7 Å². The zero-order valence-corrected chi connectivity index (χ0v) is 20.6. The molecule has 8 heteroatoms. The van der Waals surface area contributed by atoms with E-state index >= 15 is 0 Å². The van der Waals surface area contributed by atoms with Crippen molar-refractivity contribution < 1.29 is 13.4 Å². The van der Waals surface area contributed by atoms with Gasteiger partial charge in [0.1, 0.15) is 5.82 Å². The monoisotopic (exact) mass is 453 g/mol. The van der Waals surface area contributed by atoms with Crippen molar-refractivity contribution in [3.63, 3.8) is 0 Å². The van der Waals surface area contributed by atoms with Gasteiger partial charge in [-0.05, 0) is 41.5 Å². The Morgan fingerprint density at radius 2 is 1.83 bits per heavy atom. The number of rotatable bonds is 5. The average molecular weight is 454 g/mol. The number of aryl methyl sites for hydroxylation is 1. The maximum atomic E-state index is 14.5. The van der Waals surface area contributed by atoms with Crippen LogP contribution >= 0.6 is 11.3 Å². The van der Waals surface area contributed by atoms with Crippen LogP contribution in [-0.4, -0.2) is 15.1 Å². The topological polar surface area (TPSA) is 85.4 Å². The van der Waals surface area contributed by atoms with Gasteiger partial charge in [0.25, 0.3) is 5.91 Å². The van der Waals surface area contributed by atoms with Gasteiger partial charge in [-0.1, -0.05) is 54.5 Å². The molecule has 2 rings (SSSR count). The van der Waals surface area contributed by atoms with E-state index in [0.29, 0.717) is 11.1 Å². The van der Waals surface area contributed by atoms with Crippen molar-refractivity contribution >= 4 is 27.2 Å². The van der Waals surface area contributed by atoms with E-state index in [1.165, 1.54) is 17.4 Å². The molecule has 0 radical (unpaired) electrons. The minimum atomic E-state index is -3.48. The number of halogens is 1. The van der Waals surface area contributed by atoms with E-state index in [-0.39, 0.29) is 33.8 Å². The van der Waals surface area contributed by atoms with Gasteiger partial charge in [0.2, 0.25) is 4.34 Å². The Labute approximate surface area is 183 Å². The lowest BCUT2D eigenvalue weighted by molar-refractivity contribution is -0.117. The number of carbonyl (C=O) groups is 1. The standard InChI is InChI=1S/C22H32FN3O2S2/c1-12(2)15-9-10-17(23)19(13(3)4)16(15)11-18(27)26-30(24,28)21-25-20(14(5)29-21)22(6,7)8/h9-10,12-13H,11H2,1-8H3,(H2,24,26,27,28). The molecule has 0 saturated heterocycles. The third kappa shape index (κ3) is 5.34. The number of benzene rings is 1. The molecule has 1 aromatic carbocycles. The number of carbonyl (C=O) groups excluding carboxylic acids is 1. The van der Waals surface area contributed by atoms with Gasteiger partial charge in [-0.2, -0.15) is 0 Å². The fraction of sp³-hybridized carbons (Fsp3) is 0.545. The van der Waals surface area contributed by atoms with Crippen molar-refractivity contribution in [1.29, 1.82) is 0 Å². The van der Waals surface area contributed by atoms with Crippen LogP contribution in [0, 0.1) is 12.7 Å². The van der Waals surface area contributed by atoms with Gasteiger partial charge in [-0.25, -0.2) is 18.7 Å². The highest BCUT2D eigenvalue weighted by atomic mass is 32.2. The maximum Gasteiger partial charge on any atom is 0.259 e. The molecule has 0 aliphatic carbocycles. The van der Waals surface area contributed by atoms with Crippen molar-refractivity contribution in [1.82, 2.24) is 4.98 Å². The predicted octanol–water partition coefficient (Wildman–Crippen LogP) is 5.60. The highest BCUT2D eigenvalue weighted by Gasteiger charge is 2.25. The third-order valence-electron chi connectivity index (χ3n) is 4.84. The van der Waals surface area contributed by atoms with Crippen LogP contribution in [0.5, 0.6) is 0 Å². The van der Waals surface area contributed by atoms with Crippen LogP contribution in [-0.2, 0) is 26.5 Å². The van der Waals surface area contributed by atoms with Gasteiger partial charge in [-0.3, -0.25) is 4.79 Å². The largest absolute Gasteiger partial charge is 0.272 e. The molecule has 1 aromatic heterocycles. The maximum absolute atomic E-state index is 14.5. The SMILES string of the molecule is Cc1sc(S(N)(=O)=NC(=O)Cc2c(C(C)C)ccc(F)c2C(C)C)nc1C(C)(C)C. The molecule has 2 aromatic rings. The van der Waals surface area contributed by atoms with Crippen LogP contribution in [0.1, 0.15) is 87.6 Å². The Balaban J connectivity index is 2.50. The second-order valence-corrected chi connectivity index (χ2v) is 12.4. The number of nitrogens with zero attached hydrogens (tertiary/aromatic N) is 2. The summed E-state index contributed by atoms with van der Waals surface area (Å²) in [6.07, 6.45) is -0.149. The molecule has 2 N–H and O–H groups in total. The molecule has 5 nitrogen and oxygen atoms in total. The summed E-state index contributed by atoms with van der Waals surface area (Å²) in [6.45, 7) is 15.6. The smallest absolute Gasteiger partial charge is 0.259 e. The first kappa shape index (κ1) is 24.6. The first-order valence-corrected chi connectivity index (χ1v) is 12.4. The van der Waals surface area contributed by atoms with E-state index in [4.69, 9.17) is 5.14 Å². The molecule has 1 unspecified atom stereocenters. The third-order valence-corrected chi connectivity index (χ3v) is 7.64. The molecule has 0 aliphatic rings. The Bertz CT molecular complexity index is 1070. The minimum Gasteiger partial charge on any atom is -0.272 e. The van der Waals surface area contributed by atoms with Crippen molar-refractivity contribution in [2.24, 2.45) is 9.50 Å².